The van der Waals surface area contributed by atoms with Gasteiger partial charge in [0.1, 0.15) is 5.75 Å². The normalized spacial score (nSPS) is 23.1. The van der Waals surface area contributed by atoms with Crippen LogP contribution in [-0.2, 0) is 17.6 Å². The van der Waals surface area contributed by atoms with Crippen molar-refractivity contribution in [2.45, 2.75) is 31.4 Å². The number of benzene rings is 1. The maximum Gasteiger partial charge on any atom is 0.122 e. The highest BCUT2D eigenvalue weighted by Gasteiger charge is 2.23. The van der Waals surface area contributed by atoms with Crippen LogP contribution < -0.4 is 10.1 Å². The monoisotopic (exact) mass is 293 g/mol. The van der Waals surface area contributed by atoms with E-state index in [1.165, 1.54) is 11.1 Å². The largest absolute Gasteiger partial charge is 0.493 e. The molecule has 0 aliphatic carbocycles. The molecule has 2 atom stereocenters. The van der Waals surface area contributed by atoms with E-state index in [1.54, 1.807) is 0 Å². The zero-order chi connectivity index (χ0) is 13.8. The molecule has 0 saturated carbocycles. The van der Waals surface area contributed by atoms with E-state index >= 15 is 0 Å². The summed E-state index contributed by atoms with van der Waals surface area (Å²) in [6, 6.07) is 7.09. The van der Waals surface area contributed by atoms with Gasteiger partial charge in [-0.1, -0.05) is 12.1 Å². The molecule has 1 saturated heterocycles. The molecule has 0 spiro atoms. The minimum atomic E-state index is 0.358. The van der Waals surface area contributed by atoms with E-state index in [-0.39, 0.29) is 0 Å². The van der Waals surface area contributed by atoms with Gasteiger partial charge in [0.25, 0.3) is 0 Å². The molecule has 2 heterocycles. The molecule has 3 rings (SSSR count). The van der Waals surface area contributed by atoms with Crippen molar-refractivity contribution in [2.75, 3.05) is 31.8 Å². The van der Waals surface area contributed by atoms with Gasteiger partial charge in [0.05, 0.1) is 19.3 Å². The van der Waals surface area contributed by atoms with Gasteiger partial charge in [-0.2, -0.15) is 11.8 Å². The van der Waals surface area contributed by atoms with Gasteiger partial charge in [0, 0.05) is 24.0 Å². The van der Waals surface area contributed by atoms with Crippen LogP contribution in [0.3, 0.4) is 0 Å². The molecular weight excluding hydrogens is 270 g/mol. The average molecular weight is 293 g/mol. The van der Waals surface area contributed by atoms with E-state index in [9.17, 15) is 0 Å². The Kier molecular flexibility index (Phi) is 4.86. The van der Waals surface area contributed by atoms with Crippen LogP contribution in [0.4, 0.5) is 0 Å². The molecule has 1 fully saturated rings. The van der Waals surface area contributed by atoms with Gasteiger partial charge < -0.3 is 14.8 Å². The molecule has 0 radical (unpaired) electrons. The first-order chi connectivity index (χ1) is 9.86. The lowest BCUT2D eigenvalue weighted by atomic mass is 10.00. The third kappa shape index (κ3) is 3.30. The minimum Gasteiger partial charge on any atom is -0.493 e. The Hall–Kier alpha value is -0.710. The fourth-order valence-corrected chi connectivity index (χ4v) is 3.91. The average Bonchev–Trinajstić information content (AvgIpc) is 2.96. The number of fused-ring (bicyclic) bond motifs is 1. The lowest BCUT2D eigenvalue weighted by Crippen LogP contribution is -2.43. The summed E-state index contributed by atoms with van der Waals surface area (Å²) in [5, 5.41) is 3.43. The van der Waals surface area contributed by atoms with Gasteiger partial charge in [0.15, 0.2) is 0 Å². The predicted molar refractivity (Wildman–Crippen MR) is 83.9 cm³/mol. The highest BCUT2D eigenvalue weighted by atomic mass is 32.2. The lowest BCUT2D eigenvalue weighted by molar-refractivity contribution is 0.0470. The Bertz CT molecular complexity index is 446. The van der Waals surface area contributed by atoms with E-state index < -0.39 is 0 Å². The van der Waals surface area contributed by atoms with E-state index in [4.69, 9.17) is 9.47 Å². The van der Waals surface area contributed by atoms with Crippen LogP contribution in [0.1, 0.15) is 17.5 Å². The molecule has 1 N–H and O–H groups in total. The number of rotatable bonds is 5. The molecule has 2 aliphatic rings. The molecule has 1 aromatic rings. The van der Waals surface area contributed by atoms with Crippen LogP contribution >= 0.6 is 11.8 Å². The van der Waals surface area contributed by atoms with Crippen LogP contribution in [0.2, 0.25) is 0 Å². The van der Waals surface area contributed by atoms with E-state index in [0.29, 0.717) is 12.1 Å². The molecule has 3 nitrogen and oxygen atoms in total. The maximum absolute atomic E-state index is 5.89. The van der Waals surface area contributed by atoms with Crippen LogP contribution in [0, 0.1) is 0 Å². The molecular formula is C16H23NO2S. The zero-order valence-corrected chi connectivity index (χ0v) is 12.9. The summed E-state index contributed by atoms with van der Waals surface area (Å²) in [4.78, 5) is 0. The van der Waals surface area contributed by atoms with Crippen molar-refractivity contribution in [3.05, 3.63) is 29.3 Å². The number of hydrogen-bond donors (Lipinski definition) is 1. The summed E-state index contributed by atoms with van der Waals surface area (Å²) in [5.74, 6) is 3.33. The quantitative estimate of drug-likeness (QED) is 0.902. The van der Waals surface area contributed by atoms with Crippen LogP contribution in [0.25, 0.3) is 0 Å². The number of aryl methyl sites for hydroxylation is 1. The van der Waals surface area contributed by atoms with Gasteiger partial charge in [-0.25, -0.2) is 0 Å². The van der Waals surface area contributed by atoms with E-state index in [2.05, 4.69) is 23.5 Å². The maximum atomic E-state index is 5.89. The number of thioether (sulfide) groups is 1. The van der Waals surface area contributed by atoms with Gasteiger partial charge in [0.2, 0.25) is 0 Å². The van der Waals surface area contributed by atoms with Crippen molar-refractivity contribution in [1.82, 2.24) is 5.32 Å². The molecule has 20 heavy (non-hydrogen) atoms. The smallest absolute Gasteiger partial charge is 0.122 e. The minimum absolute atomic E-state index is 0.358. The highest BCUT2D eigenvalue weighted by Crippen LogP contribution is 2.27. The van der Waals surface area contributed by atoms with Crippen molar-refractivity contribution in [1.29, 1.82) is 0 Å². The Morgan fingerprint density at radius 3 is 3.15 bits per heavy atom. The molecule has 2 aliphatic heterocycles. The van der Waals surface area contributed by atoms with E-state index in [1.807, 2.05) is 18.8 Å². The zero-order valence-electron chi connectivity index (χ0n) is 12.1. The van der Waals surface area contributed by atoms with Crippen LogP contribution in [0.15, 0.2) is 18.2 Å². The van der Waals surface area contributed by atoms with Crippen molar-refractivity contribution in [3.8, 4) is 5.75 Å². The first-order valence-corrected chi connectivity index (χ1v) is 8.63. The Balaban J connectivity index is 1.57. The first-order valence-electron chi connectivity index (χ1n) is 7.48. The van der Waals surface area contributed by atoms with Crippen molar-refractivity contribution in [2.24, 2.45) is 0 Å². The van der Waals surface area contributed by atoms with Gasteiger partial charge in [-0.15, -0.1) is 0 Å². The second-order valence-electron chi connectivity index (χ2n) is 5.46. The number of nitrogens with one attached hydrogen (secondary N) is 1. The summed E-state index contributed by atoms with van der Waals surface area (Å²) in [5.41, 5.74) is 2.78. The van der Waals surface area contributed by atoms with Crippen LogP contribution in [-0.4, -0.2) is 43.9 Å². The molecule has 0 amide bonds. The Morgan fingerprint density at radius 2 is 2.35 bits per heavy atom. The molecule has 0 bridgehead atoms. The molecule has 1 aromatic carbocycles. The van der Waals surface area contributed by atoms with Crippen molar-refractivity contribution < 1.29 is 9.47 Å². The Labute approximate surface area is 125 Å². The third-order valence-corrected chi connectivity index (χ3v) is 5.18. The van der Waals surface area contributed by atoms with Gasteiger partial charge in [-0.05, 0) is 37.1 Å². The lowest BCUT2D eigenvalue weighted by Gasteiger charge is -2.30. The first kappa shape index (κ1) is 14.2. The number of likely N-dealkylation sites (N-methyl/N-ethyl adjacent to an activating group) is 1. The van der Waals surface area contributed by atoms with Gasteiger partial charge >= 0.3 is 0 Å². The fraction of sp³-hybridized carbons (Fsp3) is 0.625. The van der Waals surface area contributed by atoms with Gasteiger partial charge in [-0.3, -0.25) is 0 Å². The standard InChI is InChI=1S/C16H23NO2S/c1-17-14(16-11-20-9-8-19-16)4-2-12-3-5-15-13(10-12)6-7-18-15/h3,5,10,14,16-17H,2,4,6-9,11H2,1H3. The SMILES string of the molecule is CNC(CCc1ccc2c(c1)CCO2)C1CSCCO1. The Morgan fingerprint density at radius 1 is 1.40 bits per heavy atom. The number of hydrogen-bond acceptors (Lipinski definition) is 4. The van der Waals surface area contributed by atoms with Crippen LogP contribution in [0.5, 0.6) is 5.75 Å². The fourth-order valence-electron chi connectivity index (χ4n) is 2.97. The van der Waals surface area contributed by atoms with Crippen molar-refractivity contribution in [3.63, 3.8) is 0 Å². The molecule has 2 unspecified atom stereocenters. The molecule has 110 valence electrons. The third-order valence-electron chi connectivity index (χ3n) is 4.16. The highest BCUT2D eigenvalue weighted by molar-refractivity contribution is 7.99. The molecule has 4 heteroatoms. The topological polar surface area (TPSA) is 30.5 Å². The molecule has 0 aromatic heterocycles. The summed E-state index contributed by atoms with van der Waals surface area (Å²) in [7, 11) is 2.05. The van der Waals surface area contributed by atoms with E-state index in [0.717, 1.165) is 49.7 Å². The summed E-state index contributed by atoms with van der Waals surface area (Å²) in [6.07, 6.45) is 3.64. The summed E-state index contributed by atoms with van der Waals surface area (Å²) < 4.78 is 11.5. The summed E-state index contributed by atoms with van der Waals surface area (Å²) >= 11 is 2.00. The predicted octanol–water partition coefficient (Wildman–Crippen LogP) is 2.27. The second-order valence-corrected chi connectivity index (χ2v) is 6.61. The van der Waals surface area contributed by atoms with Crippen molar-refractivity contribution >= 4 is 11.8 Å². The second kappa shape index (κ2) is 6.83. The number of ether oxygens (including phenoxy) is 2. The summed E-state index contributed by atoms with van der Waals surface area (Å²) in [6.45, 7) is 1.73.